The molecule has 1 rings (SSSR count). The second kappa shape index (κ2) is 10.1. The first-order valence-electron chi connectivity index (χ1n) is 8.07. The zero-order chi connectivity index (χ0) is 20.6. The molecule has 1 amide bonds. The Morgan fingerprint density at radius 2 is 1.81 bits per heavy atom. The van der Waals surface area contributed by atoms with E-state index in [-0.39, 0.29) is 16.5 Å². The third-order valence-corrected chi connectivity index (χ3v) is 3.51. The van der Waals surface area contributed by atoms with Crippen LogP contribution in [0.3, 0.4) is 0 Å². The summed E-state index contributed by atoms with van der Waals surface area (Å²) in [5.41, 5.74) is -0.847. The highest BCUT2D eigenvalue weighted by atomic mass is 35.5. The number of amides is 1. The molecule has 0 aromatic heterocycles. The Morgan fingerprint density at radius 3 is 2.33 bits per heavy atom. The Hall–Kier alpha value is -2.35. The van der Waals surface area contributed by atoms with Gasteiger partial charge >= 0.3 is 12.6 Å². The molecule has 27 heavy (non-hydrogen) atoms. The molecule has 0 unspecified atom stereocenters. The first-order valence-corrected chi connectivity index (χ1v) is 8.45. The number of hydrogen-bond donors (Lipinski definition) is 1. The van der Waals surface area contributed by atoms with Gasteiger partial charge in [-0.15, -0.1) is 0 Å². The van der Waals surface area contributed by atoms with Gasteiger partial charge in [0.1, 0.15) is 11.5 Å². The summed E-state index contributed by atoms with van der Waals surface area (Å²) in [4.78, 5) is 23.7. The fourth-order valence-corrected chi connectivity index (χ4v) is 2.26. The van der Waals surface area contributed by atoms with E-state index in [0.717, 1.165) is 0 Å². The Bertz CT molecular complexity index is 694. The van der Waals surface area contributed by atoms with Gasteiger partial charge in [0, 0.05) is 17.2 Å². The summed E-state index contributed by atoms with van der Waals surface area (Å²) in [5, 5.41) is 2.85. The van der Waals surface area contributed by atoms with Gasteiger partial charge in [-0.2, -0.15) is 8.78 Å². The van der Waals surface area contributed by atoms with Gasteiger partial charge in [0.25, 0.3) is 5.91 Å². The number of rotatable bonds is 9. The Morgan fingerprint density at radius 1 is 1.22 bits per heavy atom. The fraction of sp³-hybridized carbons (Fsp3) is 0.444. The van der Waals surface area contributed by atoms with Crippen LogP contribution in [0.5, 0.6) is 11.5 Å². The summed E-state index contributed by atoms with van der Waals surface area (Å²) in [6.45, 7) is 2.09. The van der Waals surface area contributed by atoms with Crippen LogP contribution < -0.4 is 14.8 Å². The zero-order valence-electron chi connectivity index (χ0n) is 15.4. The molecule has 0 aliphatic heterocycles. The number of carbonyl (C=O) groups is 2. The Labute approximate surface area is 161 Å². The van der Waals surface area contributed by atoms with Crippen molar-refractivity contribution in [2.45, 2.75) is 45.4 Å². The van der Waals surface area contributed by atoms with E-state index in [2.05, 4.69) is 14.8 Å². The molecular weight excluding hydrogens is 384 g/mol. The van der Waals surface area contributed by atoms with Gasteiger partial charge in [0.05, 0.1) is 12.6 Å². The molecule has 0 saturated heterocycles. The van der Waals surface area contributed by atoms with Gasteiger partial charge in [-0.1, -0.05) is 24.6 Å². The van der Waals surface area contributed by atoms with Gasteiger partial charge in [-0.05, 0) is 32.4 Å². The molecule has 1 N–H and O–H groups in total. The average Bonchev–Trinajstić information content (AvgIpc) is 2.55. The molecule has 0 aliphatic rings. The number of nitrogens with one attached hydrogen (secondary N) is 1. The van der Waals surface area contributed by atoms with Crippen LogP contribution >= 0.6 is 11.6 Å². The topological polar surface area (TPSA) is 73.9 Å². The number of hydrogen-bond acceptors (Lipinski definition) is 5. The van der Waals surface area contributed by atoms with Crippen LogP contribution in [0.15, 0.2) is 30.4 Å². The van der Waals surface area contributed by atoms with Crippen molar-refractivity contribution < 1.29 is 32.6 Å². The van der Waals surface area contributed by atoms with Crippen LogP contribution in [0, 0.1) is 0 Å². The summed E-state index contributed by atoms with van der Waals surface area (Å²) >= 11 is 5.87. The molecule has 1 aromatic carbocycles. The molecule has 1 atom stereocenters. The third-order valence-electron chi connectivity index (χ3n) is 3.29. The Kier molecular flexibility index (Phi) is 8.49. The summed E-state index contributed by atoms with van der Waals surface area (Å²) in [6, 6.07) is 3.82. The SMILES string of the molecule is CC[C@@H](Oc1cc(Cl)cc(OC(F)F)c1)C(=O)NC(C)(C)/C=C/C(=O)OC. The lowest BCUT2D eigenvalue weighted by Crippen LogP contribution is -2.48. The molecule has 0 aliphatic carbocycles. The molecule has 6 nitrogen and oxygen atoms in total. The van der Waals surface area contributed by atoms with Crippen molar-refractivity contribution in [3.8, 4) is 11.5 Å². The number of ether oxygens (including phenoxy) is 3. The van der Waals surface area contributed by atoms with Crippen LogP contribution in [0.1, 0.15) is 27.2 Å². The molecule has 9 heteroatoms. The lowest BCUT2D eigenvalue weighted by atomic mass is 10.0. The first kappa shape index (κ1) is 22.7. The van der Waals surface area contributed by atoms with Gasteiger partial charge in [-0.25, -0.2) is 4.79 Å². The largest absolute Gasteiger partial charge is 0.480 e. The standard InChI is InChI=1S/C18H22ClF2NO5/c1-5-14(16(24)22-18(2,3)7-6-15(23)25-4)26-12-8-11(19)9-13(10-12)27-17(20)21/h6-10,14,17H,5H2,1-4H3,(H,22,24)/b7-6+/t14-/m1/s1. The number of carbonyl (C=O) groups excluding carboxylic acids is 2. The van der Waals surface area contributed by atoms with Crippen molar-refractivity contribution in [2.75, 3.05) is 7.11 Å². The van der Waals surface area contributed by atoms with Crippen LogP contribution in [0.2, 0.25) is 5.02 Å². The maximum absolute atomic E-state index is 12.5. The van der Waals surface area contributed by atoms with Gasteiger partial charge in [0.15, 0.2) is 6.10 Å². The van der Waals surface area contributed by atoms with E-state index in [1.165, 1.54) is 37.5 Å². The molecule has 1 aromatic rings. The maximum Gasteiger partial charge on any atom is 0.387 e. The smallest absolute Gasteiger partial charge is 0.387 e. The summed E-state index contributed by atoms with van der Waals surface area (Å²) in [6.07, 6.45) is 2.08. The summed E-state index contributed by atoms with van der Waals surface area (Å²) in [5.74, 6) is -1.06. The van der Waals surface area contributed by atoms with E-state index in [0.29, 0.717) is 6.42 Å². The molecular formula is C18H22ClF2NO5. The van der Waals surface area contributed by atoms with Crippen LogP contribution in [0.4, 0.5) is 8.78 Å². The highest BCUT2D eigenvalue weighted by Crippen LogP contribution is 2.28. The molecule has 0 fully saturated rings. The van der Waals surface area contributed by atoms with Crippen molar-refractivity contribution >= 4 is 23.5 Å². The number of esters is 1. The van der Waals surface area contributed by atoms with E-state index in [1.54, 1.807) is 20.8 Å². The van der Waals surface area contributed by atoms with Crippen molar-refractivity contribution in [1.82, 2.24) is 5.32 Å². The minimum atomic E-state index is -3.01. The van der Waals surface area contributed by atoms with Crippen molar-refractivity contribution in [2.24, 2.45) is 0 Å². The van der Waals surface area contributed by atoms with Gasteiger partial charge in [0.2, 0.25) is 0 Å². The molecule has 0 saturated carbocycles. The predicted molar refractivity (Wildman–Crippen MR) is 96.2 cm³/mol. The summed E-state index contributed by atoms with van der Waals surface area (Å²) in [7, 11) is 1.25. The Balaban J connectivity index is 2.86. The van der Waals surface area contributed by atoms with E-state index >= 15 is 0 Å². The van der Waals surface area contributed by atoms with Crippen molar-refractivity contribution in [3.63, 3.8) is 0 Å². The second-order valence-corrected chi connectivity index (χ2v) is 6.52. The number of alkyl halides is 2. The lowest BCUT2D eigenvalue weighted by Gasteiger charge is -2.26. The monoisotopic (exact) mass is 405 g/mol. The average molecular weight is 406 g/mol. The van der Waals surface area contributed by atoms with Gasteiger partial charge in [-0.3, -0.25) is 4.79 Å². The van der Waals surface area contributed by atoms with E-state index in [1.807, 2.05) is 0 Å². The fourth-order valence-electron chi connectivity index (χ4n) is 2.05. The van der Waals surface area contributed by atoms with E-state index in [9.17, 15) is 18.4 Å². The van der Waals surface area contributed by atoms with Crippen molar-refractivity contribution in [3.05, 3.63) is 35.4 Å². The second-order valence-electron chi connectivity index (χ2n) is 6.08. The third kappa shape index (κ3) is 8.25. The number of halogens is 3. The molecule has 0 heterocycles. The van der Waals surface area contributed by atoms with E-state index < -0.39 is 30.1 Å². The van der Waals surface area contributed by atoms with Crippen LogP contribution in [-0.2, 0) is 14.3 Å². The number of benzene rings is 1. The normalized spacial score (nSPS) is 12.7. The maximum atomic E-state index is 12.5. The minimum absolute atomic E-state index is 0.114. The minimum Gasteiger partial charge on any atom is -0.480 e. The molecule has 0 radical (unpaired) electrons. The molecule has 0 bridgehead atoms. The van der Waals surface area contributed by atoms with Crippen molar-refractivity contribution in [1.29, 1.82) is 0 Å². The predicted octanol–water partition coefficient (Wildman–Crippen LogP) is 3.72. The molecule has 150 valence electrons. The zero-order valence-corrected chi connectivity index (χ0v) is 16.2. The van der Waals surface area contributed by atoms with Gasteiger partial charge < -0.3 is 19.5 Å². The lowest BCUT2D eigenvalue weighted by molar-refractivity contribution is -0.135. The summed E-state index contributed by atoms with van der Waals surface area (Å²) < 4.78 is 39.1. The molecule has 0 spiro atoms. The highest BCUT2D eigenvalue weighted by Gasteiger charge is 2.25. The van der Waals surface area contributed by atoms with E-state index in [4.69, 9.17) is 16.3 Å². The highest BCUT2D eigenvalue weighted by molar-refractivity contribution is 6.30. The van der Waals surface area contributed by atoms with Crippen LogP contribution in [-0.4, -0.2) is 37.2 Å². The van der Waals surface area contributed by atoms with Crippen LogP contribution in [0.25, 0.3) is 0 Å². The quantitative estimate of drug-likeness (QED) is 0.500. The number of methoxy groups -OCH3 is 1. The first-order chi connectivity index (χ1) is 12.6.